The lowest BCUT2D eigenvalue weighted by molar-refractivity contribution is -0.122. The van der Waals surface area contributed by atoms with E-state index in [1.807, 2.05) is 6.07 Å². The SMILES string of the molecule is O=C(CCC1CCNCC1)NCC1CCCOC1c1ccccc1. The number of carbonyl (C=O) groups excluding carboxylic acids is 1. The van der Waals surface area contributed by atoms with Crippen molar-refractivity contribution >= 4 is 5.91 Å². The summed E-state index contributed by atoms with van der Waals surface area (Å²) in [4.78, 5) is 12.2. The molecular weight excluding hydrogens is 300 g/mol. The highest BCUT2D eigenvalue weighted by molar-refractivity contribution is 5.75. The first-order valence-electron chi connectivity index (χ1n) is 9.47. The number of amides is 1. The maximum atomic E-state index is 12.2. The highest BCUT2D eigenvalue weighted by Gasteiger charge is 2.27. The molecule has 2 aliphatic rings. The van der Waals surface area contributed by atoms with Gasteiger partial charge in [0.15, 0.2) is 0 Å². The van der Waals surface area contributed by atoms with Gasteiger partial charge in [-0.3, -0.25) is 4.79 Å². The zero-order valence-corrected chi connectivity index (χ0v) is 14.5. The standard InChI is InChI=1S/C20H30N2O2/c23-19(9-8-16-10-12-21-13-11-16)22-15-18-7-4-14-24-20(18)17-5-2-1-3-6-17/h1-3,5-6,16,18,20-21H,4,7-15H2,(H,22,23). The number of ether oxygens (including phenoxy) is 1. The Morgan fingerprint density at radius 3 is 2.75 bits per heavy atom. The third kappa shape index (κ3) is 5.05. The van der Waals surface area contributed by atoms with Crippen molar-refractivity contribution in [2.75, 3.05) is 26.2 Å². The Hall–Kier alpha value is -1.39. The van der Waals surface area contributed by atoms with Gasteiger partial charge in [-0.05, 0) is 56.7 Å². The lowest BCUT2D eigenvalue weighted by atomic mass is 9.89. The van der Waals surface area contributed by atoms with E-state index < -0.39 is 0 Å². The second-order valence-corrected chi connectivity index (χ2v) is 7.14. The second-order valence-electron chi connectivity index (χ2n) is 7.14. The van der Waals surface area contributed by atoms with Crippen LogP contribution in [0.25, 0.3) is 0 Å². The number of benzene rings is 1. The van der Waals surface area contributed by atoms with Crippen LogP contribution in [0, 0.1) is 11.8 Å². The molecule has 2 heterocycles. The minimum absolute atomic E-state index is 0.115. The van der Waals surface area contributed by atoms with Crippen molar-refractivity contribution < 1.29 is 9.53 Å². The molecular formula is C20H30N2O2. The first-order valence-corrected chi connectivity index (χ1v) is 9.47. The molecule has 0 aliphatic carbocycles. The lowest BCUT2D eigenvalue weighted by Gasteiger charge is -2.32. The molecule has 3 rings (SSSR count). The van der Waals surface area contributed by atoms with Gasteiger partial charge in [0.1, 0.15) is 0 Å². The molecule has 1 aromatic rings. The zero-order chi connectivity index (χ0) is 16.6. The maximum absolute atomic E-state index is 12.2. The Bertz CT molecular complexity index is 500. The molecule has 2 unspecified atom stereocenters. The average molecular weight is 330 g/mol. The summed E-state index contributed by atoms with van der Waals surface area (Å²) in [6.45, 7) is 3.75. The van der Waals surface area contributed by atoms with Crippen molar-refractivity contribution in [3.05, 3.63) is 35.9 Å². The van der Waals surface area contributed by atoms with Crippen LogP contribution in [-0.2, 0) is 9.53 Å². The minimum Gasteiger partial charge on any atom is -0.373 e. The molecule has 2 saturated heterocycles. The smallest absolute Gasteiger partial charge is 0.220 e. The number of nitrogens with one attached hydrogen (secondary N) is 2. The van der Waals surface area contributed by atoms with Gasteiger partial charge < -0.3 is 15.4 Å². The van der Waals surface area contributed by atoms with E-state index in [-0.39, 0.29) is 12.0 Å². The molecule has 4 nitrogen and oxygen atoms in total. The van der Waals surface area contributed by atoms with Gasteiger partial charge in [0.05, 0.1) is 6.10 Å². The van der Waals surface area contributed by atoms with Crippen LogP contribution < -0.4 is 10.6 Å². The van der Waals surface area contributed by atoms with E-state index in [2.05, 4.69) is 34.9 Å². The molecule has 2 N–H and O–H groups in total. The van der Waals surface area contributed by atoms with Crippen LogP contribution in [0.2, 0.25) is 0 Å². The summed E-state index contributed by atoms with van der Waals surface area (Å²) in [6, 6.07) is 10.4. The normalized spacial score (nSPS) is 25.3. The monoisotopic (exact) mass is 330 g/mol. The molecule has 1 aromatic carbocycles. The first-order chi connectivity index (χ1) is 11.8. The van der Waals surface area contributed by atoms with Gasteiger partial charge in [-0.15, -0.1) is 0 Å². The summed E-state index contributed by atoms with van der Waals surface area (Å²) in [6.07, 6.45) is 6.42. The molecule has 2 fully saturated rings. The molecule has 0 bridgehead atoms. The van der Waals surface area contributed by atoms with Crippen LogP contribution >= 0.6 is 0 Å². The van der Waals surface area contributed by atoms with Gasteiger partial charge >= 0.3 is 0 Å². The van der Waals surface area contributed by atoms with Crippen molar-refractivity contribution in [3.63, 3.8) is 0 Å². The van der Waals surface area contributed by atoms with Crippen molar-refractivity contribution in [1.29, 1.82) is 0 Å². The Morgan fingerprint density at radius 2 is 1.96 bits per heavy atom. The summed E-state index contributed by atoms with van der Waals surface area (Å²) in [5.74, 6) is 1.29. The highest BCUT2D eigenvalue weighted by atomic mass is 16.5. The highest BCUT2D eigenvalue weighted by Crippen LogP contribution is 2.33. The van der Waals surface area contributed by atoms with E-state index >= 15 is 0 Å². The fraction of sp³-hybridized carbons (Fsp3) is 0.650. The van der Waals surface area contributed by atoms with Crippen LogP contribution in [0.3, 0.4) is 0 Å². The second kappa shape index (κ2) is 9.19. The predicted molar refractivity (Wildman–Crippen MR) is 95.7 cm³/mol. The Labute approximate surface area is 145 Å². The molecule has 0 aromatic heterocycles. The fourth-order valence-electron chi connectivity index (χ4n) is 3.90. The quantitative estimate of drug-likeness (QED) is 0.843. The molecule has 0 spiro atoms. The number of hydrogen-bond acceptors (Lipinski definition) is 3. The summed E-state index contributed by atoms with van der Waals surface area (Å²) in [5, 5.41) is 6.53. The summed E-state index contributed by atoms with van der Waals surface area (Å²) < 4.78 is 6.01. The van der Waals surface area contributed by atoms with Gasteiger partial charge in [-0.1, -0.05) is 30.3 Å². The molecule has 24 heavy (non-hydrogen) atoms. The Morgan fingerprint density at radius 1 is 1.17 bits per heavy atom. The van der Waals surface area contributed by atoms with E-state index in [9.17, 15) is 4.79 Å². The van der Waals surface area contributed by atoms with Gasteiger partial charge in [0.25, 0.3) is 0 Å². The van der Waals surface area contributed by atoms with E-state index in [1.165, 1.54) is 18.4 Å². The third-order valence-electron chi connectivity index (χ3n) is 5.37. The largest absolute Gasteiger partial charge is 0.373 e. The number of piperidine rings is 1. The van der Waals surface area contributed by atoms with Crippen LogP contribution in [0.15, 0.2) is 30.3 Å². The number of hydrogen-bond donors (Lipinski definition) is 2. The van der Waals surface area contributed by atoms with Crippen LogP contribution in [0.4, 0.5) is 0 Å². The van der Waals surface area contributed by atoms with Gasteiger partial charge in [0, 0.05) is 25.5 Å². The topological polar surface area (TPSA) is 50.4 Å². The van der Waals surface area contributed by atoms with E-state index in [0.717, 1.165) is 45.5 Å². The molecule has 1 amide bonds. The van der Waals surface area contributed by atoms with Gasteiger partial charge in [-0.2, -0.15) is 0 Å². The average Bonchev–Trinajstić information content (AvgIpc) is 2.66. The van der Waals surface area contributed by atoms with E-state index in [1.54, 1.807) is 0 Å². The van der Waals surface area contributed by atoms with E-state index in [4.69, 9.17) is 4.74 Å². The van der Waals surface area contributed by atoms with Crippen molar-refractivity contribution in [3.8, 4) is 0 Å². The predicted octanol–water partition coefficient (Wildman–Crippen LogP) is 3.05. The zero-order valence-electron chi connectivity index (χ0n) is 14.5. The Balaban J connectivity index is 1.44. The van der Waals surface area contributed by atoms with Crippen molar-refractivity contribution in [2.24, 2.45) is 11.8 Å². The van der Waals surface area contributed by atoms with Gasteiger partial charge in [-0.25, -0.2) is 0 Å². The molecule has 0 radical (unpaired) electrons. The van der Waals surface area contributed by atoms with Crippen LogP contribution in [0.5, 0.6) is 0 Å². The Kier molecular flexibility index (Phi) is 6.67. The van der Waals surface area contributed by atoms with Crippen molar-refractivity contribution in [2.45, 2.75) is 44.6 Å². The molecule has 132 valence electrons. The molecule has 0 saturated carbocycles. The van der Waals surface area contributed by atoms with E-state index in [0.29, 0.717) is 18.3 Å². The summed E-state index contributed by atoms with van der Waals surface area (Å²) >= 11 is 0. The van der Waals surface area contributed by atoms with Gasteiger partial charge in [0.2, 0.25) is 5.91 Å². The summed E-state index contributed by atoms with van der Waals surface area (Å²) in [7, 11) is 0. The molecule has 2 atom stereocenters. The minimum atomic E-state index is 0.115. The molecule has 4 heteroatoms. The number of carbonyl (C=O) groups is 1. The molecule has 2 aliphatic heterocycles. The number of rotatable bonds is 6. The summed E-state index contributed by atoms with van der Waals surface area (Å²) in [5.41, 5.74) is 1.23. The van der Waals surface area contributed by atoms with Crippen LogP contribution in [-0.4, -0.2) is 32.1 Å². The van der Waals surface area contributed by atoms with Crippen molar-refractivity contribution in [1.82, 2.24) is 10.6 Å². The fourth-order valence-corrected chi connectivity index (χ4v) is 3.90. The van der Waals surface area contributed by atoms with Crippen LogP contribution in [0.1, 0.15) is 50.2 Å². The first kappa shape index (κ1) is 17.4. The maximum Gasteiger partial charge on any atom is 0.220 e. The lowest BCUT2D eigenvalue weighted by Crippen LogP contribution is -2.35. The third-order valence-corrected chi connectivity index (χ3v) is 5.37.